The summed E-state index contributed by atoms with van der Waals surface area (Å²) in [6.07, 6.45) is 62.3. The predicted molar refractivity (Wildman–Crippen MR) is 322 cm³/mol. The Balaban J connectivity index is 1.24. The van der Waals surface area contributed by atoms with E-state index in [1.54, 1.807) is 16.7 Å². The molecule has 0 radical (unpaired) electrons. The molecule has 406 valence electrons. The van der Waals surface area contributed by atoms with Crippen molar-refractivity contribution in [3.05, 3.63) is 83.4 Å². The highest BCUT2D eigenvalue weighted by Crippen LogP contribution is 2.38. The van der Waals surface area contributed by atoms with Gasteiger partial charge in [0.1, 0.15) is 0 Å². The molecule has 0 unspecified atom stereocenters. The molecule has 5 rings (SSSR count). The zero-order valence-corrected chi connectivity index (χ0v) is 48.0. The molecule has 4 aromatic carbocycles. The molecular formula is C70H110N2O. The molecule has 3 heteroatoms. The van der Waals surface area contributed by atoms with Crippen LogP contribution in [0.5, 0.6) is 0 Å². The van der Waals surface area contributed by atoms with Gasteiger partial charge < -0.3 is 4.42 Å². The van der Waals surface area contributed by atoms with Crippen molar-refractivity contribution in [2.24, 2.45) is 0 Å². The summed E-state index contributed by atoms with van der Waals surface area (Å²) in [5, 5.41) is 14.4. The van der Waals surface area contributed by atoms with E-state index in [0.29, 0.717) is 11.8 Å². The Morgan fingerprint density at radius 3 is 0.932 bits per heavy atom. The summed E-state index contributed by atoms with van der Waals surface area (Å²) in [7, 11) is 0. The third-order valence-corrected chi connectivity index (χ3v) is 16.5. The van der Waals surface area contributed by atoms with Crippen LogP contribution in [0.3, 0.4) is 0 Å². The molecule has 0 aliphatic carbocycles. The third-order valence-electron chi connectivity index (χ3n) is 16.5. The topological polar surface area (TPSA) is 38.9 Å². The van der Waals surface area contributed by atoms with Crippen LogP contribution in [-0.4, -0.2) is 10.2 Å². The van der Waals surface area contributed by atoms with E-state index in [2.05, 4.69) is 87.5 Å². The largest absolute Gasteiger partial charge is 0.416 e. The van der Waals surface area contributed by atoms with Crippen LogP contribution in [-0.2, 0) is 19.3 Å². The molecule has 0 fully saturated rings. The fraction of sp³-hybridized carbons (Fsp3) is 0.686. The smallest absolute Gasteiger partial charge is 0.249 e. The summed E-state index contributed by atoms with van der Waals surface area (Å²) in [6.45, 7) is 6.95. The lowest BCUT2D eigenvalue weighted by Crippen LogP contribution is -2.04. The number of nitrogens with zero attached hydrogens (tertiary/aromatic N) is 2. The van der Waals surface area contributed by atoms with Gasteiger partial charge in [0.2, 0.25) is 11.8 Å². The lowest BCUT2D eigenvalue weighted by Gasteiger charge is -2.17. The van der Waals surface area contributed by atoms with Gasteiger partial charge in [-0.2, -0.15) is 0 Å². The van der Waals surface area contributed by atoms with E-state index in [4.69, 9.17) is 14.6 Å². The molecule has 0 saturated heterocycles. The maximum absolute atomic E-state index is 6.84. The Morgan fingerprint density at radius 2 is 0.589 bits per heavy atom. The van der Waals surface area contributed by atoms with Crippen LogP contribution in [0.2, 0.25) is 0 Å². The SMILES string of the molecule is CCCCCCCCCCCCCCCCc1cc(-c2nnc(-c3c4ccccc4cc4ccccc34)o2)cc(CCCCCCCCCCCCCCCC)c1CCCCCCCCCCCCCCCC. The summed E-state index contributed by atoms with van der Waals surface area (Å²) in [6, 6.07) is 24.6. The van der Waals surface area contributed by atoms with Gasteiger partial charge in [0.15, 0.2) is 0 Å². The van der Waals surface area contributed by atoms with Gasteiger partial charge in [-0.3, -0.25) is 0 Å². The van der Waals surface area contributed by atoms with E-state index in [1.807, 2.05) is 0 Å². The summed E-state index contributed by atoms with van der Waals surface area (Å²) in [4.78, 5) is 0. The van der Waals surface area contributed by atoms with E-state index in [0.717, 1.165) is 34.7 Å². The summed E-state index contributed by atoms with van der Waals surface area (Å²) in [5.41, 5.74) is 6.94. The molecule has 0 spiro atoms. The minimum atomic E-state index is 0.622. The number of hydrogen-bond donors (Lipinski definition) is 0. The summed E-state index contributed by atoms with van der Waals surface area (Å²) in [5.74, 6) is 1.29. The fourth-order valence-electron chi connectivity index (χ4n) is 11.9. The van der Waals surface area contributed by atoms with E-state index in [-0.39, 0.29) is 0 Å². The lowest BCUT2D eigenvalue weighted by molar-refractivity contribution is 0.533. The van der Waals surface area contributed by atoms with Gasteiger partial charge in [0.25, 0.3) is 0 Å². The molecule has 3 nitrogen and oxygen atoms in total. The highest BCUT2D eigenvalue weighted by molar-refractivity contribution is 6.11. The van der Waals surface area contributed by atoms with E-state index in [1.165, 1.54) is 287 Å². The Labute approximate surface area is 450 Å². The first-order chi connectivity index (χ1) is 36.2. The number of aromatic nitrogens is 2. The van der Waals surface area contributed by atoms with E-state index in [9.17, 15) is 0 Å². The second kappa shape index (κ2) is 39.9. The summed E-state index contributed by atoms with van der Waals surface area (Å²) < 4.78 is 6.84. The zero-order valence-electron chi connectivity index (χ0n) is 48.0. The average Bonchev–Trinajstić information content (AvgIpc) is 3.91. The van der Waals surface area contributed by atoms with Crippen LogP contribution < -0.4 is 0 Å². The van der Waals surface area contributed by atoms with Gasteiger partial charge in [-0.25, -0.2) is 0 Å². The highest BCUT2D eigenvalue weighted by Gasteiger charge is 2.20. The van der Waals surface area contributed by atoms with Crippen molar-refractivity contribution in [3.63, 3.8) is 0 Å². The van der Waals surface area contributed by atoms with Gasteiger partial charge in [0, 0.05) is 5.56 Å². The Morgan fingerprint density at radius 1 is 0.301 bits per heavy atom. The number of aryl methyl sites for hydroxylation is 2. The van der Waals surface area contributed by atoms with Crippen molar-refractivity contribution in [3.8, 4) is 22.9 Å². The van der Waals surface area contributed by atoms with Crippen molar-refractivity contribution in [1.29, 1.82) is 0 Å². The van der Waals surface area contributed by atoms with Gasteiger partial charge >= 0.3 is 0 Å². The quantitative estimate of drug-likeness (QED) is 0.0288. The van der Waals surface area contributed by atoms with Gasteiger partial charge in [-0.1, -0.05) is 320 Å². The summed E-state index contributed by atoms with van der Waals surface area (Å²) >= 11 is 0. The van der Waals surface area contributed by atoms with Crippen LogP contribution >= 0.6 is 0 Å². The van der Waals surface area contributed by atoms with Crippen LogP contribution in [0.4, 0.5) is 0 Å². The lowest BCUT2D eigenvalue weighted by atomic mass is 9.88. The Kier molecular flexibility index (Phi) is 33.0. The molecule has 1 heterocycles. The van der Waals surface area contributed by atoms with Crippen LogP contribution in [0.15, 0.2) is 71.1 Å². The standard InChI is InChI=1S/C70H110N2O/c1-4-7-10-13-16-19-22-25-28-31-34-37-40-43-50-60-58-64(69-71-72-70(73-69)68-66-55-48-46-52-62(66)57-63-53-47-49-56-67(63)68)59-61(51-44-41-38-35-32-29-26-23-20-17-14-11-8-5-2)65(60)54-45-42-39-36-33-30-27-24-21-18-15-12-9-6-3/h46-49,52-53,55-59H,4-45,50-51,54H2,1-3H3. The third kappa shape index (κ3) is 24.4. The maximum atomic E-state index is 6.84. The fourth-order valence-corrected chi connectivity index (χ4v) is 11.9. The monoisotopic (exact) mass is 995 g/mol. The van der Waals surface area contributed by atoms with Crippen molar-refractivity contribution in [1.82, 2.24) is 10.2 Å². The average molecular weight is 996 g/mol. The molecule has 0 aliphatic rings. The molecule has 0 aliphatic heterocycles. The number of unbranched alkanes of at least 4 members (excludes halogenated alkanes) is 39. The second-order valence-corrected chi connectivity index (χ2v) is 22.9. The zero-order chi connectivity index (χ0) is 51.1. The van der Waals surface area contributed by atoms with Gasteiger partial charge in [-0.15, -0.1) is 10.2 Å². The van der Waals surface area contributed by atoms with Gasteiger partial charge in [-0.05, 0) is 95.0 Å². The molecule has 0 bridgehead atoms. The molecule has 0 N–H and O–H groups in total. The van der Waals surface area contributed by atoms with Crippen molar-refractivity contribution < 1.29 is 4.42 Å². The number of fused-ring (bicyclic) bond motifs is 2. The number of hydrogen-bond acceptors (Lipinski definition) is 3. The predicted octanol–water partition coefficient (Wildman–Crippen LogP) is 23.8. The molecule has 0 amide bonds. The molecule has 1 aromatic heterocycles. The van der Waals surface area contributed by atoms with Crippen LogP contribution in [0, 0.1) is 0 Å². The minimum absolute atomic E-state index is 0.622. The molecular weight excluding hydrogens is 885 g/mol. The number of rotatable bonds is 47. The highest BCUT2D eigenvalue weighted by atomic mass is 16.4. The second-order valence-electron chi connectivity index (χ2n) is 22.9. The Hall–Kier alpha value is -3.46. The molecule has 5 aromatic rings. The molecule has 0 saturated carbocycles. The first-order valence-electron chi connectivity index (χ1n) is 32.1. The molecule has 73 heavy (non-hydrogen) atoms. The van der Waals surface area contributed by atoms with Crippen molar-refractivity contribution >= 4 is 21.5 Å². The van der Waals surface area contributed by atoms with Crippen molar-refractivity contribution in [2.75, 3.05) is 0 Å². The first kappa shape index (κ1) is 60.4. The molecule has 0 atom stereocenters. The number of benzene rings is 4. The Bertz CT molecular complexity index is 2000. The normalized spacial score (nSPS) is 11.8. The van der Waals surface area contributed by atoms with E-state index < -0.39 is 0 Å². The van der Waals surface area contributed by atoms with Crippen LogP contribution in [0.25, 0.3) is 44.5 Å². The van der Waals surface area contributed by atoms with E-state index >= 15 is 0 Å². The van der Waals surface area contributed by atoms with Crippen LogP contribution in [0.1, 0.15) is 307 Å². The maximum Gasteiger partial charge on any atom is 0.249 e. The minimum Gasteiger partial charge on any atom is -0.416 e. The van der Waals surface area contributed by atoms with Crippen molar-refractivity contribution in [2.45, 2.75) is 310 Å². The van der Waals surface area contributed by atoms with Gasteiger partial charge in [0.05, 0.1) is 5.56 Å². The first-order valence-corrected chi connectivity index (χ1v) is 32.1.